The van der Waals surface area contributed by atoms with Gasteiger partial charge in [0, 0.05) is 12.0 Å². The van der Waals surface area contributed by atoms with E-state index in [1.165, 1.54) is 12.0 Å². The van der Waals surface area contributed by atoms with Crippen molar-refractivity contribution < 1.29 is 8.92 Å². The van der Waals surface area contributed by atoms with Crippen LogP contribution in [-0.4, -0.2) is 31.8 Å². The van der Waals surface area contributed by atoms with Crippen molar-refractivity contribution in [1.82, 2.24) is 0 Å². The van der Waals surface area contributed by atoms with Crippen LogP contribution in [0.3, 0.4) is 0 Å². The molecule has 0 saturated heterocycles. The van der Waals surface area contributed by atoms with Gasteiger partial charge in [0.1, 0.15) is 0 Å². The second-order valence-electron chi connectivity index (χ2n) is 1.32. The molecule has 0 fully saturated rings. The summed E-state index contributed by atoms with van der Waals surface area (Å²) in [6, 6.07) is 0. The molecule has 4 heteroatoms. The van der Waals surface area contributed by atoms with Crippen molar-refractivity contribution in [3.63, 3.8) is 0 Å². The minimum Gasteiger partial charge on any atom is -0.378 e. The lowest BCUT2D eigenvalue weighted by Gasteiger charge is -1.99. The third-order valence-electron chi connectivity index (χ3n) is 0.664. The van der Waals surface area contributed by atoms with Crippen LogP contribution in [0.1, 0.15) is 0 Å². The first kappa shape index (κ1) is 9.62. The van der Waals surface area contributed by atoms with E-state index in [0.29, 0.717) is 19.8 Å². The molecule has 9 heavy (non-hydrogen) atoms. The maximum atomic E-state index is 5.07. The van der Waals surface area contributed by atoms with Gasteiger partial charge in [0.05, 0.1) is 19.8 Å². The van der Waals surface area contributed by atoms with Gasteiger partial charge in [-0.25, -0.2) is 0 Å². The minimum absolute atomic E-state index is 0.662. The highest BCUT2D eigenvalue weighted by Crippen LogP contribution is 1.92. The van der Waals surface area contributed by atoms with Gasteiger partial charge in [-0.2, -0.15) is 12.6 Å². The number of hydrogen-bond donors (Lipinski definition) is 1. The zero-order chi connectivity index (χ0) is 6.95. The fourth-order valence-corrected chi connectivity index (χ4v) is 0.707. The average Bonchev–Trinajstić information content (AvgIpc) is 1.89. The van der Waals surface area contributed by atoms with Gasteiger partial charge in [0.25, 0.3) is 0 Å². The fraction of sp³-hybridized carbons (Fsp3) is 1.00. The van der Waals surface area contributed by atoms with Gasteiger partial charge in [-0.1, -0.05) is 0 Å². The van der Waals surface area contributed by atoms with E-state index >= 15 is 0 Å². The van der Waals surface area contributed by atoms with E-state index in [-0.39, 0.29) is 0 Å². The van der Waals surface area contributed by atoms with Crippen LogP contribution < -0.4 is 0 Å². The summed E-state index contributed by atoms with van der Waals surface area (Å²) in [6.07, 6.45) is 1.89. The van der Waals surface area contributed by atoms with Crippen LogP contribution in [0, 0.1) is 0 Å². The van der Waals surface area contributed by atoms with Crippen molar-refractivity contribution in [3.8, 4) is 0 Å². The molecule has 0 rings (SSSR count). The standard InChI is InChI=1S/C5H12O2S2/c1-9-7-3-2-6-4-5-8/h8H,2-5H2,1H3. The van der Waals surface area contributed by atoms with Gasteiger partial charge < -0.3 is 8.92 Å². The summed E-state index contributed by atoms with van der Waals surface area (Å²) in [6.45, 7) is 2.04. The van der Waals surface area contributed by atoms with Gasteiger partial charge >= 0.3 is 0 Å². The quantitative estimate of drug-likeness (QED) is 0.365. The molecule has 0 heterocycles. The van der Waals surface area contributed by atoms with Gasteiger partial charge in [0.2, 0.25) is 0 Å². The Morgan fingerprint density at radius 2 is 2.11 bits per heavy atom. The van der Waals surface area contributed by atoms with Crippen LogP contribution in [0.2, 0.25) is 0 Å². The molecule has 0 radical (unpaired) electrons. The molecular weight excluding hydrogens is 156 g/mol. The molecule has 0 aromatic rings. The Bertz CT molecular complexity index is 46.2. The number of hydrogen-bond acceptors (Lipinski definition) is 4. The number of thiol groups is 1. The molecule has 0 bridgehead atoms. The van der Waals surface area contributed by atoms with Crippen LogP contribution in [0.5, 0.6) is 0 Å². The maximum Gasteiger partial charge on any atom is 0.0847 e. The van der Waals surface area contributed by atoms with Crippen LogP contribution in [0.25, 0.3) is 0 Å². The van der Waals surface area contributed by atoms with Crippen molar-refractivity contribution in [2.24, 2.45) is 0 Å². The zero-order valence-electron chi connectivity index (χ0n) is 5.50. The molecule has 0 spiro atoms. The van der Waals surface area contributed by atoms with Gasteiger partial charge in [-0.3, -0.25) is 0 Å². The van der Waals surface area contributed by atoms with E-state index < -0.39 is 0 Å². The molecule has 2 nitrogen and oxygen atoms in total. The fourth-order valence-electron chi connectivity index (χ4n) is 0.343. The molecule has 0 aliphatic rings. The molecule has 56 valence electrons. The first-order valence-electron chi connectivity index (χ1n) is 2.76. The van der Waals surface area contributed by atoms with Crippen LogP contribution in [-0.2, 0) is 8.92 Å². The van der Waals surface area contributed by atoms with E-state index in [9.17, 15) is 0 Å². The Balaban J connectivity index is 2.60. The summed E-state index contributed by atoms with van der Waals surface area (Å²) in [5.41, 5.74) is 0. The summed E-state index contributed by atoms with van der Waals surface area (Å²) < 4.78 is 10.0. The predicted molar refractivity (Wildman–Crippen MR) is 44.1 cm³/mol. The second-order valence-corrected chi connectivity index (χ2v) is 2.34. The summed E-state index contributed by atoms with van der Waals surface area (Å²) in [5, 5.41) is 0. The number of ether oxygens (including phenoxy) is 1. The zero-order valence-corrected chi connectivity index (χ0v) is 7.21. The highest BCUT2D eigenvalue weighted by molar-refractivity contribution is 7.93. The summed E-state index contributed by atoms with van der Waals surface area (Å²) in [4.78, 5) is 0. The van der Waals surface area contributed by atoms with Crippen molar-refractivity contribution in [1.29, 1.82) is 0 Å². The van der Waals surface area contributed by atoms with Crippen molar-refractivity contribution >= 4 is 24.7 Å². The molecule has 0 amide bonds. The topological polar surface area (TPSA) is 18.5 Å². The SMILES string of the molecule is CSOCCOCCS. The van der Waals surface area contributed by atoms with Crippen molar-refractivity contribution in [2.75, 3.05) is 31.8 Å². The Hall–Kier alpha value is 0.620. The van der Waals surface area contributed by atoms with Gasteiger partial charge in [-0.05, 0) is 12.0 Å². The molecular formula is C5H12O2S2. The predicted octanol–water partition coefficient (Wildman–Crippen LogP) is 1.23. The first-order chi connectivity index (χ1) is 4.41. The van der Waals surface area contributed by atoms with Crippen molar-refractivity contribution in [2.45, 2.75) is 0 Å². The minimum atomic E-state index is 0.662. The second kappa shape index (κ2) is 8.62. The van der Waals surface area contributed by atoms with Gasteiger partial charge in [0.15, 0.2) is 0 Å². The highest BCUT2D eigenvalue weighted by atomic mass is 32.2. The average molecular weight is 168 g/mol. The summed E-state index contributed by atoms with van der Waals surface area (Å²) in [5.74, 6) is 0.777. The lowest BCUT2D eigenvalue weighted by atomic mass is 10.7. The Kier molecular flexibility index (Phi) is 9.21. The monoisotopic (exact) mass is 168 g/mol. The highest BCUT2D eigenvalue weighted by Gasteiger charge is 1.84. The molecule has 0 N–H and O–H groups in total. The third kappa shape index (κ3) is 8.62. The molecule has 0 aromatic heterocycles. The lowest BCUT2D eigenvalue weighted by molar-refractivity contribution is 0.120. The molecule has 0 saturated carbocycles. The van der Waals surface area contributed by atoms with Gasteiger partial charge in [-0.15, -0.1) is 0 Å². The van der Waals surface area contributed by atoms with Crippen LogP contribution in [0.15, 0.2) is 0 Å². The summed E-state index contributed by atoms with van der Waals surface area (Å²) in [7, 11) is 0. The molecule has 0 aromatic carbocycles. The first-order valence-corrected chi connectivity index (χ1v) is 4.54. The Labute approximate surface area is 65.9 Å². The largest absolute Gasteiger partial charge is 0.378 e. The van der Waals surface area contributed by atoms with Crippen LogP contribution in [0.4, 0.5) is 0 Å². The number of rotatable bonds is 6. The molecule has 0 aliphatic heterocycles. The summed E-state index contributed by atoms with van der Waals surface area (Å²) >= 11 is 5.34. The van der Waals surface area contributed by atoms with E-state index in [0.717, 1.165) is 5.75 Å². The third-order valence-corrected chi connectivity index (χ3v) is 1.25. The van der Waals surface area contributed by atoms with E-state index in [4.69, 9.17) is 8.92 Å². The molecule has 0 unspecified atom stereocenters. The Morgan fingerprint density at radius 3 is 2.67 bits per heavy atom. The van der Waals surface area contributed by atoms with Crippen LogP contribution >= 0.6 is 24.7 Å². The smallest absolute Gasteiger partial charge is 0.0847 e. The Morgan fingerprint density at radius 1 is 1.33 bits per heavy atom. The van der Waals surface area contributed by atoms with E-state index in [1.54, 1.807) is 0 Å². The lowest BCUT2D eigenvalue weighted by Crippen LogP contribution is -2.02. The van der Waals surface area contributed by atoms with Crippen molar-refractivity contribution in [3.05, 3.63) is 0 Å². The molecule has 0 atom stereocenters. The molecule has 0 aliphatic carbocycles. The maximum absolute atomic E-state index is 5.07. The van der Waals surface area contributed by atoms with E-state index in [1.807, 2.05) is 6.26 Å². The normalized spacial score (nSPS) is 10.0. The van der Waals surface area contributed by atoms with E-state index in [2.05, 4.69) is 12.6 Å².